The molecule has 7 N–H and O–H groups in total. The normalized spacial score (nSPS) is 22.8. The topological polar surface area (TPSA) is 261 Å². The lowest BCUT2D eigenvalue weighted by molar-refractivity contribution is 0.0178. The molecule has 0 radical (unpaired) electrons. The number of thiophene rings is 2. The maximum Gasteiger partial charge on any atom is 0.411 e. The Labute approximate surface area is 478 Å². The Morgan fingerprint density at radius 3 is 1.94 bits per heavy atom. The molecule has 2 aliphatic carbocycles. The lowest BCUT2D eigenvalue weighted by Crippen LogP contribution is -2.43. The van der Waals surface area contributed by atoms with Crippen molar-refractivity contribution in [3.8, 4) is 0 Å². The van der Waals surface area contributed by atoms with Gasteiger partial charge in [0.25, 0.3) is 0 Å². The molecule has 0 bridgehead atoms. The summed E-state index contributed by atoms with van der Waals surface area (Å²) >= 11 is 15.5. The maximum absolute atomic E-state index is 13.9. The average Bonchev–Trinajstić information content (AvgIpc) is 4.24. The fourth-order valence-electron chi connectivity index (χ4n) is 11.2. The number of ketones is 2. The van der Waals surface area contributed by atoms with Gasteiger partial charge in [-0.25, -0.2) is 29.9 Å². The molecule has 0 spiro atoms. The molecule has 2 fully saturated rings. The van der Waals surface area contributed by atoms with Crippen LogP contribution in [0.4, 0.5) is 16.4 Å². The number of aliphatic hydroxyl groups excluding tert-OH is 2. The van der Waals surface area contributed by atoms with Gasteiger partial charge in [-0.15, -0.1) is 22.7 Å². The van der Waals surface area contributed by atoms with E-state index in [1.165, 1.54) is 47.1 Å². The van der Waals surface area contributed by atoms with Crippen molar-refractivity contribution >= 4 is 85.5 Å². The van der Waals surface area contributed by atoms with Crippen LogP contribution in [0.15, 0.2) is 73.6 Å². The van der Waals surface area contributed by atoms with E-state index in [1.807, 2.05) is 77.1 Å². The summed E-state index contributed by atoms with van der Waals surface area (Å²) in [5.41, 5.74) is 6.39. The van der Waals surface area contributed by atoms with Gasteiger partial charge in [0.2, 0.25) is 11.6 Å². The quantitative estimate of drug-likeness (QED) is 0.0555. The number of carbonyl (C=O) groups is 3. The predicted octanol–water partition coefficient (Wildman–Crippen LogP) is 9.17. The fourth-order valence-corrected chi connectivity index (χ4v) is 13.9. The van der Waals surface area contributed by atoms with E-state index in [0.717, 1.165) is 63.4 Å². The van der Waals surface area contributed by atoms with Gasteiger partial charge in [-0.1, -0.05) is 42.3 Å². The van der Waals surface area contributed by atoms with Crippen molar-refractivity contribution in [1.82, 2.24) is 30.2 Å². The first-order valence-corrected chi connectivity index (χ1v) is 30.1. The van der Waals surface area contributed by atoms with Gasteiger partial charge in [-0.2, -0.15) is 8.42 Å². The zero-order valence-electron chi connectivity index (χ0n) is 44.7. The number of carbonyl (C=O) groups excluding carboxylic acids is 3. The molecule has 6 heterocycles. The molecule has 10 rings (SSSR count). The molecule has 1 amide bonds. The molecule has 79 heavy (non-hydrogen) atoms. The molecule has 8 atom stereocenters. The molecule has 18 nitrogen and oxygen atoms in total. The highest BCUT2D eigenvalue weighted by atomic mass is 35.5. The van der Waals surface area contributed by atoms with E-state index < -0.39 is 40.1 Å². The van der Waals surface area contributed by atoms with Crippen molar-refractivity contribution in [2.75, 3.05) is 36.9 Å². The molecular weight excluding hydrogens is 1110 g/mol. The van der Waals surface area contributed by atoms with E-state index in [0.29, 0.717) is 74.3 Å². The van der Waals surface area contributed by atoms with Gasteiger partial charge in [0.1, 0.15) is 29.9 Å². The van der Waals surface area contributed by atoms with E-state index in [1.54, 1.807) is 11.1 Å². The number of ether oxygens (including phenoxy) is 1. The van der Waals surface area contributed by atoms with Gasteiger partial charge >= 0.3 is 16.4 Å². The number of aromatic nitrogens is 4. The Kier molecular flexibility index (Phi) is 17.9. The van der Waals surface area contributed by atoms with Gasteiger partial charge in [-0.05, 0) is 155 Å². The van der Waals surface area contributed by atoms with Crippen LogP contribution in [0.2, 0.25) is 10.0 Å². The Balaban J connectivity index is 0.000000192. The number of nitrogens with zero attached hydrogens (tertiary/aromatic N) is 5. The molecule has 6 aromatic rings. The Bertz CT molecular complexity index is 3350. The Morgan fingerprint density at radius 1 is 0.797 bits per heavy atom. The van der Waals surface area contributed by atoms with E-state index in [-0.39, 0.29) is 48.8 Å². The van der Waals surface area contributed by atoms with Crippen molar-refractivity contribution in [3.05, 3.63) is 148 Å². The molecule has 0 unspecified atom stereocenters. The van der Waals surface area contributed by atoms with E-state index in [2.05, 4.69) is 53.1 Å². The molecule has 23 heteroatoms. The van der Waals surface area contributed by atoms with Crippen LogP contribution in [0.1, 0.15) is 139 Å². The number of halogens is 2. The highest BCUT2D eigenvalue weighted by Gasteiger charge is 2.39. The third-order valence-electron chi connectivity index (χ3n) is 15.1. The van der Waals surface area contributed by atoms with Gasteiger partial charge in [0.05, 0.1) is 45.7 Å². The first-order valence-electron chi connectivity index (χ1n) is 26.2. The lowest BCUT2D eigenvalue weighted by atomic mass is 9.88. The van der Waals surface area contributed by atoms with Gasteiger partial charge in [-0.3, -0.25) is 18.7 Å². The number of rotatable bonds is 14. The lowest BCUT2D eigenvalue weighted by Gasteiger charge is -2.38. The second-order valence-electron chi connectivity index (χ2n) is 21.8. The number of nitrogens with one attached hydrogen (secondary N) is 3. The van der Waals surface area contributed by atoms with Crippen molar-refractivity contribution in [3.63, 3.8) is 0 Å². The number of amides is 1. The molecule has 0 saturated heterocycles. The van der Waals surface area contributed by atoms with Crippen LogP contribution in [0.3, 0.4) is 0 Å². The summed E-state index contributed by atoms with van der Waals surface area (Å²) in [6, 6.07) is 14.9. The Hall–Kier alpha value is -5.46. The summed E-state index contributed by atoms with van der Waals surface area (Å²) < 4.78 is 32.7. The van der Waals surface area contributed by atoms with Crippen molar-refractivity contribution in [2.24, 2.45) is 22.9 Å². The minimum atomic E-state index is -4.10. The van der Waals surface area contributed by atoms with Crippen LogP contribution in [-0.2, 0) is 32.1 Å². The van der Waals surface area contributed by atoms with Gasteiger partial charge < -0.3 is 30.9 Å². The number of anilines is 2. The summed E-state index contributed by atoms with van der Waals surface area (Å²) in [7, 11) is -4.10. The van der Waals surface area contributed by atoms with Crippen LogP contribution in [0, 0.1) is 31.6 Å². The molecule has 420 valence electrons. The Morgan fingerprint density at radius 2 is 1.35 bits per heavy atom. The van der Waals surface area contributed by atoms with E-state index in [4.69, 9.17) is 33.1 Å². The molecule has 4 aromatic heterocycles. The summed E-state index contributed by atoms with van der Waals surface area (Å²) in [4.78, 5) is 62.7. The van der Waals surface area contributed by atoms with Gasteiger partial charge in [0.15, 0.2) is 0 Å². The average molecular weight is 1180 g/mol. The minimum Gasteiger partial charge on any atom is -0.444 e. The summed E-state index contributed by atoms with van der Waals surface area (Å²) in [5, 5.41) is 36.5. The standard InChI is InChI=1S/C31H37ClN4O4S.C25H28ClN5O5S2/c1-17-10-22(11-20(17)15-37)35-29-25(14-33-16-34-29)28(38)26-13-23(18(2)41-26)27-24-12-21(32)7-6-19(24)8-9-36(27)30(39)40-31(3,4)5;1-13-18(23-19-7-16(26)3-2-14(19)4-5-29-23)9-22(37-13)24(33)20-10-28-12-30-25(20)31-17-6-15(21(32)8-17)11-36-38(27,34)35/h6-7,12-14,16-17,20,22,27,37H,8-11,15H2,1-5H3,(H,33,34,35);2-3,7,9-10,12,15,17,21,23,29,32H,4-6,8,11H2,1H3,(H2,27,34,35)(H,28,30,31)/t17-,20+,22-,27-;15-,17-,21+,23+/m01/s1. The minimum absolute atomic E-state index is 0.0590. The number of aryl methyl sites for hydroxylation is 2. The third-order valence-corrected chi connectivity index (χ3v) is 18.1. The number of benzene rings is 2. The van der Waals surface area contributed by atoms with E-state index in [9.17, 15) is 33.0 Å². The molecule has 4 aliphatic rings. The van der Waals surface area contributed by atoms with Crippen LogP contribution >= 0.6 is 45.9 Å². The first kappa shape index (κ1) is 58.2. The number of fused-ring (bicyclic) bond motifs is 2. The zero-order valence-corrected chi connectivity index (χ0v) is 48.6. The second-order valence-corrected chi connectivity index (χ2v) is 26.4. The smallest absolute Gasteiger partial charge is 0.411 e. The number of hydrogen-bond acceptors (Lipinski definition) is 18. The summed E-state index contributed by atoms with van der Waals surface area (Å²) in [6.45, 7) is 12.9. The number of nitrogens with two attached hydrogens (primary N) is 1. The van der Waals surface area contributed by atoms with Crippen LogP contribution in [0.5, 0.6) is 0 Å². The summed E-state index contributed by atoms with van der Waals surface area (Å²) in [5.74, 6) is 0.671. The van der Waals surface area contributed by atoms with Crippen molar-refractivity contribution in [2.45, 2.75) is 116 Å². The first-order chi connectivity index (χ1) is 37.5. The van der Waals surface area contributed by atoms with Crippen LogP contribution in [-0.4, -0.2) is 111 Å². The van der Waals surface area contributed by atoms with Crippen molar-refractivity contribution < 1.29 is 41.9 Å². The number of aliphatic hydroxyl groups is 2. The van der Waals surface area contributed by atoms with E-state index >= 15 is 0 Å². The zero-order chi connectivity index (χ0) is 56.5. The molecule has 2 aromatic carbocycles. The highest BCUT2D eigenvalue weighted by molar-refractivity contribution is 7.84. The molecule has 2 aliphatic heterocycles. The largest absolute Gasteiger partial charge is 0.444 e. The SMILES string of the molecule is Cc1sc(C(=O)c2cncnc2N[C@@H]2C[C@H](CO)[C@@H](C)C2)cc1[C@H]1c2cc(Cl)ccc2CCN1C(=O)OC(C)(C)C.Cc1sc(C(=O)c2cncnc2N[C@@H]2C[C@H](COS(N)(=O)=O)[C@@H](O)C2)cc1[C@@H]1NCCc2ccc(Cl)cc21. The molecule has 2 saturated carbocycles. The third kappa shape index (κ3) is 13.7. The highest BCUT2D eigenvalue weighted by Crippen LogP contribution is 2.43. The fraction of sp³-hybridized carbons (Fsp3) is 0.446. The van der Waals surface area contributed by atoms with Crippen LogP contribution in [0.25, 0.3) is 0 Å². The molecular formula is C56H65Cl2N9O9S3. The monoisotopic (exact) mass is 1170 g/mol. The van der Waals surface area contributed by atoms with Gasteiger partial charge in [0, 0.05) is 69.9 Å². The maximum atomic E-state index is 13.9. The second kappa shape index (κ2) is 24.3. The van der Waals surface area contributed by atoms with Crippen molar-refractivity contribution in [1.29, 1.82) is 0 Å². The summed E-state index contributed by atoms with van der Waals surface area (Å²) in [6.07, 6.45) is 8.72. The van der Waals surface area contributed by atoms with Crippen LogP contribution < -0.4 is 21.1 Å². The predicted molar refractivity (Wildman–Crippen MR) is 306 cm³/mol. The number of hydrogen-bond donors (Lipinski definition) is 6.